The molecular formula is C22H27N3O2. The number of nitrogens with zero attached hydrogens (tertiary/aromatic N) is 1. The molecule has 2 aromatic carbocycles. The van der Waals surface area contributed by atoms with Crippen LogP contribution >= 0.6 is 0 Å². The highest BCUT2D eigenvalue weighted by Gasteiger charge is 2.19. The van der Waals surface area contributed by atoms with Gasteiger partial charge in [0.25, 0.3) is 0 Å². The number of hydrogen-bond donors (Lipinski definition) is 2. The molecule has 0 saturated carbocycles. The summed E-state index contributed by atoms with van der Waals surface area (Å²) >= 11 is 0. The van der Waals surface area contributed by atoms with E-state index in [0.717, 1.165) is 37.1 Å². The molecule has 1 aliphatic heterocycles. The Labute approximate surface area is 160 Å². The van der Waals surface area contributed by atoms with E-state index in [1.165, 1.54) is 5.56 Å². The molecule has 1 saturated heterocycles. The van der Waals surface area contributed by atoms with Crippen LogP contribution in [-0.4, -0.2) is 36.5 Å². The second kappa shape index (κ2) is 9.21. The summed E-state index contributed by atoms with van der Waals surface area (Å²) in [5.41, 5.74) is 3.22. The Kier molecular flexibility index (Phi) is 6.47. The summed E-state index contributed by atoms with van der Waals surface area (Å²) in [6, 6.07) is 17.5. The van der Waals surface area contributed by atoms with Crippen molar-refractivity contribution in [1.82, 2.24) is 15.5 Å². The first-order valence-electron chi connectivity index (χ1n) is 9.57. The van der Waals surface area contributed by atoms with Crippen LogP contribution in [0.2, 0.25) is 0 Å². The van der Waals surface area contributed by atoms with Crippen LogP contribution in [0, 0.1) is 6.92 Å². The van der Waals surface area contributed by atoms with Gasteiger partial charge in [-0.25, -0.2) is 4.79 Å². The zero-order valence-electron chi connectivity index (χ0n) is 15.8. The number of hydrogen-bond acceptors (Lipinski definition) is 2. The van der Waals surface area contributed by atoms with E-state index in [-0.39, 0.29) is 18.0 Å². The van der Waals surface area contributed by atoms with Crippen molar-refractivity contribution in [2.24, 2.45) is 0 Å². The summed E-state index contributed by atoms with van der Waals surface area (Å²) in [5.74, 6) is 0.117. The highest BCUT2D eigenvalue weighted by atomic mass is 16.2. The third-order valence-corrected chi connectivity index (χ3v) is 4.90. The van der Waals surface area contributed by atoms with Crippen molar-refractivity contribution < 1.29 is 9.59 Å². The number of aryl methyl sites for hydroxylation is 1. The van der Waals surface area contributed by atoms with E-state index >= 15 is 0 Å². The fourth-order valence-corrected chi connectivity index (χ4v) is 3.35. The van der Waals surface area contributed by atoms with E-state index in [9.17, 15) is 9.59 Å². The molecule has 0 spiro atoms. The summed E-state index contributed by atoms with van der Waals surface area (Å²) in [5, 5.41) is 5.86. The van der Waals surface area contributed by atoms with Crippen molar-refractivity contribution in [3.05, 3.63) is 71.3 Å². The van der Waals surface area contributed by atoms with Crippen molar-refractivity contribution >= 4 is 11.9 Å². The van der Waals surface area contributed by atoms with Gasteiger partial charge < -0.3 is 15.5 Å². The zero-order valence-corrected chi connectivity index (χ0v) is 15.8. The molecule has 1 aliphatic rings. The molecule has 0 radical (unpaired) electrons. The second-order valence-corrected chi connectivity index (χ2v) is 6.99. The first kappa shape index (κ1) is 19.0. The van der Waals surface area contributed by atoms with Gasteiger partial charge in [0.05, 0.1) is 6.04 Å². The summed E-state index contributed by atoms with van der Waals surface area (Å²) in [6.07, 6.45) is 2.50. The first-order valence-corrected chi connectivity index (χ1v) is 9.57. The van der Waals surface area contributed by atoms with Crippen LogP contribution in [-0.2, 0) is 4.79 Å². The van der Waals surface area contributed by atoms with Crippen LogP contribution in [0.15, 0.2) is 54.6 Å². The largest absolute Gasteiger partial charge is 0.343 e. The van der Waals surface area contributed by atoms with Gasteiger partial charge in [-0.3, -0.25) is 4.79 Å². The lowest BCUT2D eigenvalue weighted by molar-refractivity contribution is -0.129. The topological polar surface area (TPSA) is 61.4 Å². The molecule has 3 amide bonds. The first-order chi connectivity index (χ1) is 13.1. The maximum Gasteiger partial charge on any atom is 0.315 e. The van der Waals surface area contributed by atoms with E-state index in [0.29, 0.717) is 13.0 Å². The number of amides is 3. The van der Waals surface area contributed by atoms with Gasteiger partial charge >= 0.3 is 6.03 Å². The van der Waals surface area contributed by atoms with E-state index < -0.39 is 0 Å². The van der Waals surface area contributed by atoms with Crippen LogP contribution in [0.1, 0.15) is 42.0 Å². The average Bonchev–Trinajstić information content (AvgIpc) is 3.22. The molecule has 2 aromatic rings. The molecule has 0 bridgehead atoms. The van der Waals surface area contributed by atoms with Gasteiger partial charge in [0.2, 0.25) is 5.91 Å². The summed E-state index contributed by atoms with van der Waals surface area (Å²) in [6.45, 7) is 4.07. The zero-order chi connectivity index (χ0) is 19.1. The summed E-state index contributed by atoms with van der Waals surface area (Å²) in [7, 11) is 0. The Balaban J connectivity index is 1.59. The van der Waals surface area contributed by atoms with Gasteiger partial charge in [0.1, 0.15) is 0 Å². The second-order valence-electron chi connectivity index (χ2n) is 6.99. The fourth-order valence-electron chi connectivity index (χ4n) is 3.35. The van der Waals surface area contributed by atoms with E-state index in [1.54, 1.807) is 0 Å². The molecule has 27 heavy (non-hydrogen) atoms. The summed E-state index contributed by atoms with van der Waals surface area (Å²) < 4.78 is 0. The van der Waals surface area contributed by atoms with E-state index in [2.05, 4.69) is 10.6 Å². The lowest BCUT2D eigenvalue weighted by Crippen LogP contribution is -2.40. The number of urea groups is 1. The van der Waals surface area contributed by atoms with Crippen LogP contribution in [0.3, 0.4) is 0 Å². The fraction of sp³-hybridized carbons (Fsp3) is 0.364. The van der Waals surface area contributed by atoms with Gasteiger partial charge in [-0.05, 0) is 30.9 Å². The average molecular weight is 365 g/mol. The Morgan fingerprint density at radius 2 is 1.59 bits per heavy atom. The van der Waals surface area contributed by atoms with Crippen LogP contribution < -0.4 is 10.6 Å². The van der Waals surface area contributed by atoms with Gasteiger partial charge in [0, 0.05) is 26.1 Å². The van der Waals surface area contributed by atoms with Gasteiger partial charge in [-0.15, -0.1) is 0 Å². The number of likely N-dealkylation sites (tertiary alicyclic amines) is 1. The molecular weight excluding hydrogens is 338 g/mol. The monoisotopic (exact) mass is 365 g/mol. The normalized spacial score (nSPS) is 14.6. The molecule has 0 aromatic heterocycles. The Morgan fingerprint density at radius 3 is 2.26 bits per heavy atom. The number of carbonyl (C=O) groups is 2. The smallest absolute Gasteiger partial charge is 0.315 e. The predicted octanol–water partition coefficient (Wildman–Crippen LogP) is 3.40. The maximum atomic E-state index is 12.4. The molecule has 1 atom stereocenters. The minimum atomic E-state index is -0.265. The molecule has 2 N–H and O–H groups in total. The number of benzene rings is 2. The maximum absolute atomic E-state index is 12.4. The minimum absolute atomic E-state index is 0.117. The van der Waals surface area contributed by atoms with Crippen molar-refractivity contribution in [2.75, 3.05) is 19.6 Å². The Bertz CT molecular complexity index is 753. The highest BCUT2D eigenvalue weighted by molar-refractivity contribution is 5.78. The Morgan fingerprint density at radius 1 is 0.963 bits per heavy atom. The molecule has 1 unspecified atom stereocenters. The van der Waals surface area contributed by atoms with Crippen molar-refractivity contribution in [3.8, 4) is 0 Å². The van der Waals surface area contributed by atoms with Crippen LogP contribution in [0.25, 0.3) is 0 Å². The molecule has 1 heterocycles. The van der Waals surface area contributed by atoms with Crippen LogP contribution in [0.5, 0.6) is 0 Å². The molecule has 5 nitrogen and oxygen atoms in total. The van der Waals surface area contributed by atoms with E-state index in [4.69, 9.17) is 0 Å². The van der Waals surface area contributed by atoms with Crippen molar-refractivity contribution in [1.29, 1.82) is 0 Å². The third kappa shape index (κ3) is 5.33. The van der Waals surface area contributed by atoms with Gasteiger partial charge in [-0.2, -0.15) is 0 Å². The number of nitrogens with one attached hydrogen (secondary N) is 2. The molecule has 1 fully saturated rings. The van der Waals surface area contributed by atoms with Crippen molar-refractivity contribution in [2.45, 2.75) is 32.2 Å². The van der Waals surface area contributed by atoms with Gasteiger partial charge in [0.15, 0.2) is 0 Å². The van der Waals surface area contributed by atoms with E-state index in [1.807, 2.05) is 66.4 Å². The molecule has 0 aliphatic carbocycles. The lowest BCUT2D eigenvalue weighted by atomic mass is 9.98. The molecule has 3 rings (SSSR count). The quantitative estimate of drug-likeness (QED) is 0.824. The minimum Gasteiger partial charge on any atom is -0.343 e. The Hall–Kier alpha value is -2.82. The predicted molar refractivity (Wildman–Crippen MR) is 106 cm³/mol. The number of carbonyl (C=O) groups excluding carboxylic acids is 2. The highest BCUT2D eigenvalue weighted by Crippen LogP contribution is 2.22. The van der Waals surface area contributed by atoms with Crippen LogP contribution in [0.4, 0.5) is 4.79 Å². The molecule has 5 heteroatoms. The SMILES string of the molecule is Cc1ccc(C(NC(=O)NCCC(=O)N2CCCC2)c2ccccc2)cc1. The third-order valence-electron chi connectivity index (χ3n) is 4.90. The lowest BCUT2D eigenvalue weighted by Gasteiger charge is -2.21. The molecule has 142 valence electrons. The van der Waals surface area contributed by atoms with Gasteiger partial charge in [-0.1, -0.05) is 60.2 Å². The number of rotatable bonds is 6. The summed E-state index contributed by atoms with van der Waals surface area (Å²) in [4.78, 5) is 26.4. The standard InChI is InChI=1S/C22H27N3O2/c1-17-9-11-19(12-10-17)21(18-7-3-2-4-8-18)24-22(27)23-14-13-20(26)25-15-5-6-16-25/h2-4,7-12,21H,5-6,13-16H2,1H3,(H2,23,24,27). The van der Waals surface area contributed by atoms with Crippen molar-refractivity contribution in [3.63, 3.8) is 0 Å².